The highest BCUT2D eigenvalue weighted by Crippen LogP contribution is 2.41. The van der Waals surface area contributed by atoms with Crippen LogP contribution in [0.15, 0.2) is 79.1 Å². The first-order valence-electron chi connectivity index (χ1n) is 11.5. The molecule has 38 heavy (non-hydrogen) atoms. The summed E-state index contributed by atoms with van der Waals surface area (Å²) in [6.45, 7) is 3.87. The molecule has 0 saturated carbocycles. The van der Waals surface area contributed by atoms with Gasteiger partial charge in [0.05, 0.1) is 29.2 Å². The number of nitriles is 1. The Morgan fingerprint density at radius 1 is 1.05 bits per heavy atom. The van der Waals surface area contributed by atoms with E-state index in [-0.39, 0.29) is 5.78 Å². The Morgan fingerprint density at radius 2 is 1.68 bits per heavy atom. The zero-order chi connectivity index (χ0) is 27.5. The van der Waals surface area contributed by atoms with Gasteiger partial charge in [-0.2, -0.15) is 13.7 Å². The van der Waals surface area contributed by atoms with Gasteiger partial charge in [-0.1, -0.05) is 18.2 Å². The fraction of sp³-hybridized carbons (Fsp3) is 0.179. The number of rotatable bonds is 5. The number of imidazole rings is 1. The zero-order valence-electron chi connectivity index (χ0n) is 21.0. The summed E-state index contributed by atoms with van der Waals surface area (Å²) < 4.78 is 39.8. The van der Waals surface area contributed by atoms with E-state index in [9.17, 15) is 13.2 Å². The summed E-state index contributed by atoms with van der Waals surface area (Å²) >= 11 is 0. The van der Waals surface area contributed by atoms with Crippen LogP contribution < -0.4 is 4.74 Å². The number of benzene rings is 2. The minimum absolute atomic E-state index is 0.0831. The third kappa shape index (κ3) is 6.26. The summed E-state index contributed by atoms with van der Waals surface area (Å²) in [4.78, 5) is 17.7. The van der Waals surface area contributed by atoms with Gasteiger partial charge >= 0.3 is 0 Å². The van der Waals surface area contributed by atoms with Crippen molar-refractivity contribution in [1.29, 1.82) is 5.26 Å². The molecule has 0 radical (unpaired) electrons. The normalized spacial score (nSPS) is 14.4. The van der Waals surface area contributed by atoms with E-state index < -0.39 is 15.7 Å². The molecule has 10 heteroatoms. The van der Waals surface area contributed by atoms with Crippen molar-refractivity contribution in [2.45, 2.75) is 26.1 Å². The summed E-state index contributed by atoms with van der Waals surface area (Å²) in [6.07, 6.45) is 4.60. The van der Waals surface area contributed by atoms with Crippen LogP contribution in [0.5, 0.6) is 5.75 Å². The lowest BCUT2D eigenvalue weighted by molar-refractivity contribution is -0.125. The number of carbonyl (C=O) groups excluding carboxylic acids is 1. The average molecular weight is 532 g/mol. The van der Waals surface area contributed by atoms with Crippen molar-refractivity contribution in [3.8, 4) is 11.8 Å². The third-order valence-electron chi connectivity index (χ3n) is 5.58. The number of carbonyl (C=O) groups is 1. The van der Waals surface area contributed by atoms with Crippen LogP contribution in [-0.4, -0.2) is 40.0 Å². The second kappa shape index (κ2) is 10.5. The molecule has 0 saturated heterocycles. The second-order valence-electron chi connectivity index (χ2n) is 9.08. The van der Waals surface area contributed by atoms with Crippen LogP contribution in [0, 0.1) is 11.3 Å². The summed E-state index contributed by atoms with van der Waals surface area (Å²) in [5.74, 6) is 1.12. The Hall–Kier alpha value is -4.46. The Bertz CT molecular complexity index is 1620. The van der Waals surface area contributed by atoms with Crippen molar-refractivity contribution in [2.24, 2.45) is 0 Å². The minimum Gasteiger partial charge on any atom is -0.487 e. The van der Waals surface area contributed by atoms with E-state index in [0.29, 0.717) is 35.5 Å². The molecule has 0 aliphatic carbocycles. The molecular weight excluding hydrogens is 506 g/mol. The van der Waals surface area contributed by atoms with Crippen LogP contribution in [0.2, 0.25) is 0 Å². The van der Waals surface area contributed by atoms with E-state index in [1.54, 1.807) is 38.1 Å². The van der Waals surface area contributed by atoms with Crippen LogP contribution in [0.1, 0.15) is 36.2 Å². The molecule has 3 heterocycles. The fourth-order valence-electron chi connectivity index (χ4n) is 3.85. The van der Waals surface area contributed by atoms with Crippen LogP contribution in [0.4, 0.5) is 0 Å². The molecule has 5 rings (SSSR count). The number of pyridine rings is 1. The van der Waals surface area contributed by atoms with Gasteiger partial charge in [-0.15, -0.1) is 0 Å². The van der Waals surface area contributed by atoms with Gasteiger partial charge in [0.15, 0.2) is 5.60 Å². The highest BCUT2D eigenvalue weighted by molar-refractivity contribution is 7.85. The van der Waals surface area contributed by atoms with Gasteiger partial charge in [-0.05, 0) is 67.9 Å². The molecule has 1 aliphatic rings. The van der Waals surface area contributed by atoms with Gasteiger partial charge in [0, 0.05) is 18.0 Å². The smallest absolute Gasteiger partial charge is 0.261 e. The van der Waals surface area contributed by atoms with Crippen molar-refractivity contribution in [1.82, 2.24) is 9.38 Å². The molecule has 1 aliphatic heterocycles. The highest BCUT2D eigenvalue weighted by atomic mass is 32.2. The molecule has 4 aromatic rings. The van der Waals surface area contributed by atoms with E-state index in [4.69, 9.17) is 19.3 Å². The molecule has 194 valence electrons. The fourth-order valence-corrected chi connectivity index (χ4v) is 3.85. The first-order valence-corrected chi connectivity index (χ1v) is 13.4. The summed E-state index contributed by atoms with van der Waals surface area (Å²) in [5.41, 5.74) is 3.33. The number of nitrogens with zero attached hydrogens (tertiary/aromatic N) is 3. The Labute approximate surface area is 220 Å². The quantitative estimate of drug-likeness (QED) is 0.372. The van der Waals surface area contributed by atoms with E-state index in [0.717, 1.165) is 22.5 Å². The van der Waals surface area contributed by atoms with Crippen LogP contribution in [-0.2, 0) is 26.3 Å². The molecule has 0 unspecified atom stereocenters. The predicted octanol–water partition coefficient (Wildman–Crippen LogP) is 4.54. The number of Topliss-reactive ketones (excluding diaryl/α,β-unsaturated/α-hetero) is 1. The van der Waals surface area contributed by atoms with E-state index in [2.05, 4.69) is 11.1 Å². The van der Waals surface area contributed by atoms with Crippen molar-refractivity contribution in [3.63, 3.8) is 0 Å². The lowest BCUT2D eigenvalue weighted by Gasteiger charge is -2.17. The van der Waals surface area contributed by atoms with Gasteiger partial charge in [0.1, 0.15) is 23.8 Å². The Morgan fingerprint density at radius 3 is 2.29 bits per heavy atom. The number of ether oxygens (including phenoxy) is 2. The maximum absolute atomic E-state index is 13.1. The number of aromatic nitrogens is 2. The van der Waals surface area contributed by atoms with E-state index in [1.165, 1.54) is 0 Å². The standard InChI is InChI=1S/C27H21N3O3.CH4O3S/c1-27(2)26(31)24(25(33-27)20-8-6-18(15-28)7-9-20)19-10-12-22(13-11-19)32-17-21-16-30-14-4-3-5-23(30)29-21;1-5(2,3)4/h3-14,16H,17H2,1-2H3;1H3,(H,2,3,4). The molecule has 0 spiro atoms. The van der Waals surface area contributed by atoms with Crippen LogP contribution in [0.3, 0.4) is 0 Å². The molecule has 2 aromatic heterocycles. The highest BCUT2D eigenvalue weighted by Gasteiger charge is 2.42. The van der Waals surface area contributed by atoms with Crippen molar-refractivity contribution in [2.75, 3.05) is 6.26 Å². The van der Waals surface area contributed by atoms with Gasteiger partial charge in [0.2, 0.25) is 5.78 Å². The van der Waals surface area contributed by atoms with Crippen molar-refractivity contribution in [3.05, 3.63) is 102 Å². The molecule has 0 atom stereocenters. The topological polar surface area (TPSA) is 131 Å². The summed E-state index contributed by atoms with van der Waals surface area (Å²) in [6, 6.07) is 22.4. The summed E-state index contributed by atoms with van der Waals surface area (Å²) in [7, 11) is -3.67. The largest absolute Gasteiger partial charge is 0.487 e. The van der Waals surface area contributed by atoms with E-state index >= 15 is 0 Å². The molecule has 0 bridgehead atoms. The first kappa shape index (κ1) is 26.6. The molecular formula is C28H25N3O6S. The van der Waals surface area contributed by atoms with Gasteiger partial charge in [-0.3, -0.25) is 9.35 Å². The minimum atomic E-state index is -3.67. The predicted molar refractivity (Wildman–Crippen MR) is 142 cm³/mol. The van der Waals surface area contributed by atoms with Gasteiger partial charge < -0.3 is 13.9 Å². The molecule has 0 fully saturated rings. The van der Waals surface area contributed by atoms with Crippen molar-refractivity contribution >= 4 is 32.9 Å². The first-order chi connectivity index (χ1) is 17.9. The van der Waals surface area contributed by atoms with Crippen LogP contribution >= 0.6 is 0 Å². The maximum atomic E-state index is 13.1. The molecule has 0 amide bonds. The zero-order valence-corrected chi connectivity index (χ0v) is 21.8. The average Bonchev–Trinajstić information content (AvgIpc) is 3.40. The SMILES string of the molecule is CC1(C)OC(c2ccc(C#N)cc2)=C(c2ccc(OCc3cn4ccccc4n3)cc2)C1=O.CS(=O)(=O)O. The van der Waals surface area contributed by atoms with Gasteiger partial charge in [-0.25, -0.2) is 4.98 Å². The lowest BCUT2D eigenvalue weighted by Crippen LogP contribution is -2.29. The third-order valence-corrected chi connectivity index (χ3v) is 5.58. The second-order valence-corrected chi connectivity index (χ2v) is 10.5. The monoisotopic (exact) mass is 531 g/mol. The number of fused-ring (bicyclic) bond motifs is 1. The van der Waals surface area contributed by atoms with E-state index in [1.807, 2.05) is 59.3 Å². The number of hydrogen-bond donors (Lipinski definition) is 1. The maximum Gasteiger partial charge on any atom is 0.261 e. The molecule has 1 N–H and O–H groups in total. The van der Waals surface area contributed by atoms with Gasteiger partial charge in [0.25, 0.3) is 10.1 Å². The number of ketones is 1. The summed E-state index contributed by atoms with van der Waals surface area (Å²) in [5, 5.41) is 9.06. The molecule has 9 nitrogen and oxygen atoms in total. The Balaban J connectivity index is 0.000000617. The van der Waals surface area contributed by atoms with Crippen molar-refractivity contribution < 1.29 is 27.2 Å². The Kier molecular flexibility index (Phi) is 7.35. The van der Waals surface area contributed by atoms with Crippen LogP contribution in [0.25, 0.3) is 17.0 Å². The molecule has 2 aromatic carbocycles. The number of hydrogen-bond acceptors (Lipinski definition) is 7. The lowest BCUT2D eigenvalue weighted by atomic mass is 9.92.